The van der Waals surface area contributed by atoms with Gasteiger partial charge in [-0.3, -0.25) is 4.57 Å². The second kappa shape index (κ2) is 6.80. The van der Waals surface area contributed by atoms with Crippen LogP contribution in [-0.4, -0.2) is 20.6 Å². The van der Waals surface area contributed by atoms with E-state index in [9.17, 15) is 0 Å². The lowest BCUT2D eigenvalue weighted by atomic mass is 10.0. The van der Waals surface area contributed by atoms with Gasteiger partial charge >= 0.3 is 0 Å². The minimum absolute atomic E-state index is 0.282. The minimum atomic E-state index is 0.282. The Kier molecular flexibility index (Phi) is 5.07. The number of nitrogens with zero attached hydrogens (tertiary/aromatic N) is 3. The highest BCUT2D eigenvalue weighted by Gasteiger charge is 2.10. The number of rotatable bonds is 5. The second-order valence-electron chi connectivity index (χ2n) is 5.26. The summed E-state index contributed by atoms with van der Waals surface area (Å²) >= 11 is 5.46. The topological polar surface area (TPSA) is 42.7 Å². The molecule has 0 unspecified atom stereocenters. The van der Waals surface area contributed by atoms with E-state index in [2.05, 4.69) is 61.2 Å². The summed E-state index contributed by atoms with van der Waals surface area (Å²) in [4.78, 5) is 8.78. The average Bonchev–Trinajstić information content (AvgIpc) is 2.46. The van der Waals surface area contributed by atoms with Gasteiger partial charge in [0.1, 0.15) is 6.33 Å². The van der Waals surface area contributed by atoms with Crippen LogP contribution >= 0.6 is 12.2 Å². The maximum Gasteiger partial charge on any atom is 0.227 e. The molecule has 0 aliphatic carbocycles. The van der Waals surface area contributed by atoms with Crippen LogP contribution in [-0.2, 0) is 12.8 Å². The minimum Gasteiger partial charge on any atom is -0.352 e. The first-order valence-corrected chi connectivity index (χ1v) is 7.81. The number of anilines is 1. The molecule has 0 amide bonds. The molecule has 112 valence electrons. The maximum absolute atomic E-state index is 5.46. The van der Waals surface area contributed by atoms with E-state index in [0.717, 1.165) is 18.5 Å². The van der Waals surface area contributed by atoms with E-state index in [1.165, 1.54) is 11.1 Å². The molecule has 0 fully saturated rings. The van der Waals surface area contributed by atoms with Gasteiger partial charge in [0.05, 0.1) is 5.69 Å². The summed E-state index contributed by atoms with van der Waals surface area (Å²) in [5.41, 5.74) is 3.65. The standard InChI is InChI=1S/C16H22N4S/c1-5-12-8-7-9-13(6-2)14(12)20-10-17-15(18-11(3)4)19-16(20)21/h7-11H,5-6H2,1-4H3,(H,18,19,21). The Balaban J connectivity index is 2.55. The maximum atomic E-state index is 5.46. The molecule has 0 aliphatic rings. The van der Waals surface area contributed by atoms with Crippen molar-refractivity contribution in [1.82, 2.24) is 14.5 Å². The molecule has 21 heavy (non-hydrogen) atoms. The lowest BCUT2D eigenvalue weighted by molar-refractivity contribution is 0.827. The smallest absolute Gasteiger partial charge is 0.227 e. The lowest BCUT2D eigenvalue weighted by Gasteiger charge is -2.16. The highest BCUT2D eigenvalue weighted by atomic mass is 32.1. The molecule has 2 aromatic rings. The first kappa shape index (κ1) is 15.6. The van der Waals surface area contributed by atoms with Crippen molar-refractivity contribution in [2.24, 2.45) is 0 Å². The number of benzene rings is 1. The number of aryl methyl sites for hydroxylation is 2. The summed E-state index contributed by atoms with van der Waals surface area (Å²) in [5.74, 6) is 0.582. The van der Waals surface area contributed by atoms with Gasteiger partial charge in [-0.1, -0.05) is 32.0 Å². The van der Waals surface area contributed by atoms with Crippen LogP contribution in [0, 0.1) is 4.77 Å². The predicted molar refractivity (Wildman–Crippen MR) is 89.7 cm³/mol. The Labute approximate surface area is 131 Å². The molecule has 5 heteroatoms. The van der Waals surface area contributed by atoms with Crippen molar-refractivity contribution in [2.45, 2.75) is 46.6 Å². The molecular weight excluding hydrogens is 280 g/mol. The number of hydrogen-bond acceptors (Lipinski definition) is 4. The zero-order valence-corrected chi connectivity index (χ0v) is 13.9. The van der Waals surface area contributed by atoms with Crippen molar-refractivity contribution >= 4 is 18.2 Å². The summed E-state index contributed by atoms with van der Waals surface area (Å²) in [6.07, 6.45) is 3.68. The molecule has 0 saturated carbocycles. The van der Waals surface area contributed by atoms with Gasteiger partial charge in [0.25, 0.3) is 0 Å². The molecule has 0 spiro atoms. The van der Waals surface area contributed by atoms with Crippen LogP contribution in [0.4, 0.5) is 5.95 Å². The molecule has 0 aliphatic heterocycles. The predicted octanol–water partition coefficient (Wildman–Crippen LogP) is 3.94. The van der Waals surface area contributed by atoms with Gasteiger partial charge in [-0.15, -0.1) is 0 Å². The van der Waals surface area contributed by atoms with Crippen LogP contribution in [0.15, 0.2) is 24.5 Å². The fourth-order valence-electron chi connectivity index (χ4n) is 2.34. The largest absolute Gasteiger partial charge is 0.352 e. The van der Waals surface area contributed by atoms with E-state index in [4.69, 9.17) is 12.2 Å². The van der Waals surface area contributed by atoms with Crippen LogP contribution in [0.3, 0.4) is 0 Å². The van der Waals surface area contributed by atoms with Crippen LogP contribution in [0.5, 0.6) is 0 Å². The Morgan fingerprint density at radius 3 is 2.29 bits per heavy atom. The van der Waals surface area contributed by atoms with Crippen molar-refractivity contribution in [2.75, 3.05) is 5.32 Å². The quantitative estimate of drug-likeness (QED) is 0.850. The molecule has 0 saturated heterocycles. The molecule has 0 radical (unpaired) electrons. The van der Waals surface area contributed by atoms with Gasteiger partial charge in [-0.2, -0.15) is 4.98 Å². The van der Waals surface area contributed by atoms with Crippen LogP contribution in [0.25, 0.3) is 5.69 Å². The summed E-state index contributed by atoms with van der Waals surface area (Å²) in [6.45, 7) is 8.40. The van der Waals surface area contributed by atoms with E-state index in [-0.39, 0.29) is 6.04 Å². The van der Waals surface area contributed by atoms with Crippen molar-refractivity contribution < 1.29 is 0 Å². The first-order valence-electron chi connectivity index (χ1n) is 7.40. The molecular formula is C16H22N4S. The Hall–Kier alpha value is -1.75. The normalized spacial score (nSPS) is 10.9. The van der Waals surface area contributed by atoms with E-state index in [1.54, 1.807) is 6.33 Å². The summed E-state index contributed by atoms with van der Waals surface area (Å²) < 4.78 is 2.45. The van der Waals surface area contributed by atoms with Gasteiger partial charge in [0.15, 0.2) is 0 Å². The average molecular weight is 302 g/mol. The third-order valence-corrected chi connectivity index (χ3v) is 3.61. The molecule has 1 aromatic carbocycles. The van der Waals surface area contributed by atoms with E-state index in [1.807, 2.05) is 4.57 Å². The highest BCUT2D eigenvalue weighted by molar-refractivity contribution is 7.71. The van der Waals surface area contributed by atoms with Crippen LogP contribution in [0.1, 0.15) is 38.8 Å². The molecule has 4 nitrogen and oxygen atoms in total. The first-order chi connectivity index (χ1) is 10.1. The fraction of sp³-hybridized carbons (Fsp3) is 0.438. The fourth-order valence-corrected chi connectivity index (χ4v) is 2.57. The molecule has 1 N–H and O–H groups in total. The second-order valence-corrected chi connectivity index (χ2v) is 5.63. The monoisotopic (exact) mass is 302 g/mol. The number of nitrogens with one attached hydrogen (secondary N) is 1. The molecule has 0 atom stereocenters. The van der Waals surface area contributed by atoms with E-state index < -0.39 is 0 Å². The molecule has 2 rings (SSSR count). The van der Waals surface area contributed by atoms with E-state index >= 15 is 0 Å². The number of para-hydroxylation sites is 1. The van der Waals surface area contributed by atoms with Crippen molar-refractivity contribution in [1.29, 1.82) is 0 Å². The zero-order chi connectivity index (χ0) is 15.4. The third-order valence-electron chi connectivity index (χ3n) is 3.33. The number of aromatic nitrogens is 3. The van der Waals surface area contributed by atoms with Crippen molar-refractivity contribution in [3.05, 3.63) is 40.4 Å². The van der Waals surface area contributed by atoms with Crippen LogP contribution in [0.2, 0.25) is 0 Å². The van der Waals surface area contributed by atoms with Gasteiger partial charge in [-0.25, -0.2) is 4.98 Å². The van der Waals surface area contributed by atoms with Gasteiger partial charge in [-0.05, 0) is 50.0 Å². The molecule has 0 bridgehead atoms. The van der Waals surface area contributed by atoms with Crippen LogP contribution < -0.4 is 5.32 Å². The van der Waals surface area contributed by atoms with Crippen molar-refractivity contribution in [3.8, 4) is 5.69 Å². The van der Waals surface area contributed by atoms with Gasteiger partial charge < -0.3 is 5.32 Å². The number of hydrogen-bond donors (Lipinski definition) is 1. The van der Waals surface area contributed by atoms with Gasteiger partial charge in [0, 0.05) is 6.04 Å². The van der Waals surface area contributed by atoms with E-state index in [0.29, 0.717) is 10.7 Å². The Morgan fingerprint density at radius 1 is 1.19 bits per heavy atom. The summed E-state index contributed by atoms with van der Waals surface area (Å²) in [7, 11) is 0. The highest BCUT2D eigenvalue weighted by Crippen LogP contribution is 2.21. The Bertz CT molecular complexity index is 654. The lowest BCUT2D eigenvalue weighted by Crippen LogP contribution is -2.15. The summed E-state index contributed by atoms with van der Waals surface area (Å²) in [6, 6.07) is 6.65. The third kappa shape index (κ3) is 3.47. The Morgan fingerprint density at radius 2 is 1.81 bits per heavy atom. The summed E-state index contributed by atoms with van der Waals surface area (Å²) in [5, 5.41) is 3.18. The van der Waals surface area contributed by atoms with Crippen molar-refractivity contribution in [3.63, 3.8) is 0 Å². The van der Waals surface area contributed by atoms with Gasteiger partial charge in [0.2, 0.25) is 10.7 Å². The zero-order valence-electron chi connectivity index (χ0n) is 13.1. The molecule has 1 heterocycles. The molecule has 1 aromatic heterocycles. The SMILES string of the molecule is CCc1cccc(CC)c1-n1cnc(NC(C)C)nc1=S.